The molecule has 0 unspecified atom stereocenters. The number of rotatable bonds is 1. The molecule has 5 heavy (non-hydrogen) atoms. The van der Waals surface area contributed by atoms with Crippen LogP contribution in [0.1, 0.15) is 0 Å². The van der Waals surface area contributed by atoms with Crippen molar-refractivity contribution in [2.45, 2.75) is 0 Å². The molecule has 3 N–H and O–H groups in total. The first kappa shape index (κ1) is 8.93. The number of hydrazine groups is 1. The molecule has 0 rings (SSSR count). The van der Waals surface area contributed by atoms with Crippen molar-refractivity contribution in [3.63, 3.8) is 0 Å². The van der Waals surface area contributed by atoms with Gasteiger partial charge in [0.05, 0.1) is 0 Å². The second kappa shape index (κ2) is 8.92. The molecule has 1 amide bonds. The molecular formula is CH3N2OW+. The topological polar surface area (TPSA) is 55.1 Å². The zero-order chi connectivity index (χ0) is 3.41. The average Bonchev–Trinajstić information content (AvgIpc) is 1.37. The second-order valence-corrected chi connectivity index (χ2v) is 0.246. The van der Waals surface area contributed by atoms with Gasteiger partial charge in [-0.2, -0.15) is 6.41 Å². The Hall–Kier alpha value is 0.118. The molecule has 0 aliphatic heterocycles. The number of hydrogen-bond acceptors (Lipinski definition) is 2. The van der Waals surface area contributed by atoms with Crippen molar-refractivity contribution in [1.82, 2.24) is 5.43 Å². The molecule has 0 heterocycles. The Balaban J connectivity index is 0. The van der Waals surface area contributed by atoms with E-state index in [-0.39, 0.29) is 21.1 Å². The Labute approximate surface area is 44.1 Å². The van der Waals surface area contributed by atoms with E-state index in [1.54, 1.807) is 5.43 Å². The van der Waals surface area contributed by atoms with Crippen molar-refractivity contribution in [3.8, 4) is 0 Å². The fourth-order valence-corrected chi connectivity index (χ4v) is 0. The van der Waals surface area contributed by atoms with Gasteiger partial charge in [-0.15, -0.1) is 0 Å². The van der Waals surface area contributed by atoms with Gasteiger partial charge in [-0.3, -0.25) is 5.84 Å². The SMILES string of the molecule is NN[C-]=O.[W+2]. The number of amides is 1. The maximum atomic E-state index is 8.81. The van der Waals surface area contributed by atoms with Gasteiger partial charge in [-0.1, -0.05) is 0 Å². The molecule has 0 spiro atoms. The van der Waals surface area contributed by atoms with Gasteiger partial charge in [0.2, 0.25) is 0 Å². The van der Waals surface area contributed by atoms with E-state index in [9.17, 15) is 0 Å². The Morgan fingerprint density at radius 1 is 1.80 bits per heavy atom. The average molecular weight is 243 g/mol. The van der Waals surface area contributed by atoms with E-state index < -0.39 is 0 Å². The van der Waals surface area contributed by atoms with Crippen molar-refractivity contribution in [3.05, 3.63) is 0 Å². The number of nitrogens with two attached hydrogens (primary N) is 1. The van der Waals surface area contributed by atoms with Crippen LogP contribution in [-0.4, -0.2) is 6.41 Å². The number of carbonyl (C=O) groups excluding carboxylic acids is 1. The van der Waals surface area contributed by atoms with Crippen LogP contribution in [0.2, 0.25) is 0 Å². The summed E-state index contributed by atoms with van der Waals surface area (Å²) in [6.07, 6.45) is 1.21. The van der Waals surface area contributed by atoms with E-state index in [2.05, 4.69) is 5.84 Å². The molecule has 28 valence electrons. The third-order valence-corrected chi connectivity index (χ3v) is 0.0589. The van der Waals surface area contributed by atoms with E-state index in [4.69, 9.17) is 4.79 Å². The summed E-state index contributed by atoms with van der Waals surface area (Å²) in [4.78, 5) is 8.81. The van der Waals surface area contributed by atoms with Crippen LogP contribution in [0.5, 0.6) is 0 Å². The molecular weight excluding hydrogens is 240 g/mol. The van der Waals surface area contributed by atoms with Crippen LogP contribution >= 0.6 is 0 Å². The van der Waals surface area contributed by atoms with Crippen LogP contribution in [-0.2, 0) is 25.9 Å². The monoisotopic (exact) mass is 243 g/mol. The van der Waals surface area contributed by atoms with Gasteiger partial charge in [-0.05, 0) is 0 Å². The quantitative estimate of drug-likeness (QED) is 0.194. The second-order valence-electron chi connectivity index (χ2n) is 0.246. The van der Waals surface area contributed by atoms with Crippen LogP contribution < -0.4 is 11.3 Å². The normalized spacial score (nSPS) is 4.20. The summed E-state index contributed by atoms with van der Waals surface area (Å²) in [5.74, 6) is 4.35. The third kappa shape index (κ3) is 14.8. The summed E-state index contributed by atoms with van der Waals surface area (Å²) >= 11 is 0. The zero-order valence-corrected chi connectivity index (χ0v) is 5.33. The van der Waals surface area contributed by atoms with Gasteiger partial charge in [0.1, 0.15) is 0 Å². The van der Waals surface area contributed by atoms with E-state index in [0.29, 0.717) is 0 Å². The Bertz CT molecular complexity index is 23.6. The third-order valence-electron chi connectivity index (χ3n) is 0.0589. The summed E-state index contributed by atoms with van der Waals surface area (Å²) in [5.41, 5.74) is 1.62. The standard InChI is InChI=1S/CH3N2O.W/c2-3-1-4;/h2H2,(H,3,4);/q-1;+2. The van der Waals surface area contributed by atoms with E-state index in [1.807, 2.05) is 0 Å². The van der Waals surface area contributed by atoms with Crippen molar-refractivity contribution in [2.24, 2.45) is 5.84 Å². The first-order valence-electron chi connectivity index (χ1n) is 0.743. The van der Waals surface area contributed by atoms with Gasteiger partial charge in [0.25, 0.3) is 0 Å². The predicted molar refractivity (Wildman–Crippen MR) is 13.0 cm³/mol. The minimum absolute atomic E-state index is 0. The molecule has 0 aliphatic rings. The smallest absolute Gasteiger partial charge is 0.519 e. The fourth-order valence-electron chi connectivity index (χ4n) is 0. The largest absolute Gasteiger partial charge is 2.00 e. The van der Waals surface area contributed by atoms with Gasteiger partial charge in [-0.25, -0.2) is 0 Å². The fraction of sp³-hybridized carbons (Fsp3) is 0. The number of nitrogens with one attached hydrogen (secondary N) is 1. The van der Waals surface area contributed by atoms with Crippen LogP contribution in [0, 0.1) is 0 Å². The predicted octanol–water partition coefficient (Wildman–Crippen LogP) is -1.49. The molecule has 0 saturated carbocycles. The van der Waals surface area contributed by atoms with Crippen LogP contribution in [0.3, 0.4) is 0 Å². The molecule has 0 aromatic rings. The minimum atomic E-state index is 0. The summed E-state index contributed by atoms with van der Waals surface area (Å²) in [6, 6.07) is 0. The summed E-state index contributed by atoms with van der Waals surface area (Å²) in [7, 11) is 0. The van der Waals surface area contributed by atoms with Crippen LogP contribution in [0.15, 0.2) is 0 Å². The van der Waals surface area contributed by atoms with Gasteiger partial charge in [0, 0.05) is 0 Å². The van der Waals surface area contributed by atoms with Crippen LogP contribution in [0.4, 0.5) is 0 Å². The van der Waals surface area contributed by atoms with Gasteiger partial charge < -0.3 is 10.2 Å². The van der Waals surface area contributed by atoms with Crippen molar-refractivity contribution < 1.29 is 25.9 Å². The van der Waals surface area contributed by atoms with E-state index in [1.165, 1.54) is 6.41 Å². The maximum Gasteiger partial charge on any atom is 2.00 e. The Morgan fingerprint density at radius 3 is 2.00 bits per heavy atom. The summed E-state index contributed by atoms with van der Waals surface area (Å²) < 4.78 is 0. The molecule has 0 atom stereocenters. The molecule has 4 heteroatoms. The molecule has 0 aromatic heterocycles. The number of hydrogen-bond donors (Lipinski definition) is 2. The molecule has 0 saturated heterocycles. The van der Waals surface area contributed by atoms with Crippen molar-refractivity contribution >= 4 is 6.41 Å². The van der Waals surface area contributed by atoms with Crippen LogP contribution in [0.25, 0.3) is 0 Å². The van der Waals surface area contributed by atoms with Gasteiger partial charge in [0.15, 0.2) is 0 Å². The molecule has 0 aliphatic carbocycles. The first-order chi connectivity index (χ1) is 1.91. The first-order valence-corrected chi connectivity index (χ1v) is 0.743. The summed E-state index contributed by atoms with van der Waals surface area (Å²) in [6.45, 7) is 0. The zero-order valence-electron chi connectivity index (χ0n) is 2.39. The molecule has 3 nitrogen and oxygen atoms in total. The Morgan fingerprint density at radius 2 is 2.00 bits per heavy atom. The van der Waals surface area contributed by atoms with E-state index >= 15 is 0 Å². The molecule has 0 bridgehead atoms. The summed E-state index contributed by atoms with van der Waals surface area (Å²) in [5, 5.41) is 0. The molecule has 0 radical (unpaired) electrons. The molecule has 0 fully saturated rings. The van der Waals surface area contributed by atoms with Crippen molar-refractivity contribution in [1.29, 1.82) is 0 Å². The van der Waals surface area contributed by atoms with Gasteiger partial charge >= 0.3 is 21.1 Å². The minimum Gasteiger partial charge on any atom is -0.519 e. The maximum absolute atomic E-state index is 8.81. The molecule has 0 aromatic carbocycles. The van der Waals surface area contributed by atoms with Crippen molar-refractivity contribution in [2.75, 3.05) is 0 Å². The Kier molecular flexibility index (Phi) is 15.9. The van der Waals surface area contributed by atoms with E-state index in [0.717, 1.165) is 0 Å².